The largest absolute Gasteiger partial charge is 0.233 e. The second-order valence-corrected chi connectivity index (χ2v) is 3.76. The van der Waals surface area contributed by atoms with E-state index in [1.807, 2.05) is 13.0 Å². The smallest absolute Gasteiger partial charge is 0.164 e. The summed E-state index contributed by atoms with van der Waals surface area (Å²) in [6.45, 7) is 2.05. The monoisotopic (exact) mass is 276 g/mol. The van der Waals surface area contributed by atoms with Crippen LogP contribution in [0.15, 0.2) is 21.3 Å². The summed E-state index contributed by atoms with van der Waals surface area (Å²) in [7, 11) is 0. The van der Waals surface area contributed by atoms with Gasteiger partial charge in [0.2, 0.25) is 0 Å². The Morgan fingerprint density at radius 2 is 2.50 bits per heavy atom. The maximum absolute atomic E-state index is 13.0. The van der Waals surface area contributed by atoms with E-state index in [4.69, 9.17) is 0 Å². The summed E-state index contributed by atoms with van der Waals surface area (Å²) in [6.07, 6.45) is 4.04. The van der Waals surface area contributed by atoms with Crippen LogP contribution in [0.1, 0.15) is 19.8 Å². The first-order valence-electron chi connectivity index (χ1n) is 3.93. The Hall–Kier alpha value is -0.300. The second-order valence-electron chi connectivity index (χ2n) is 2.60. The first kappa shape index (κ1) is 9.79. The Morgan fingerprint density at radius 3 is 3.17 bits per heavy atom. The van der Waals surface area contributed by atoms with Gasteiger partial charge in [-0.1, -0.05) is 24.3 Å². The molecular formula is C10H10FI. The minimum absolute atomic E-state index is 0.464. The lowest BCUT2D eigenvalue weighted by Crippen LogP contribution is -2.00. The minimum Gasteiger partial charge on any atom is -0.233 e. The zero-order valence-electron chi connectivity index (χ0n) is 6.90. The normalized spacial score (nSPS) is 31.4. The van der Waals surface area contributed by atoms with Crippen LogP contribution < -0.4 is 0 Å². The summed E-state index contributed by atoms with van der Waals surface area (Å²) in [5.74, 6) is 5.20. The Balaban J connectivity index is 2.90. The van der Waals surface area contributed by atoms with E-state index < -0.39 is 6.17 Å². The lowest BCUT2D eigenvalue weighted by atomic mass is 10.1. The summed E-state index contributed by atoms with van der Waals surface area (Å²) < 4.78 is 14.1. The zero-order chi connectivity index (χ0) is 8.97. The Kier molecular flexibility index (Phi) is 3.80. The van der Waals surface area contributed by atoms with Gasteiger partial charge in [0.15, 0.2) is 6.17 Å². The minimum atomic E-state index is -0.991. The van der Waals surface area contributed by atoms with Gasteiger partial charge >= 0.3 is 0 Å². The molecule has 1 unspecified atom stereocenters. The van der Waals surface area contributed by atoms with Crippen LogP contribution in [0, 0.1) is 11.8 Å². The van der Waals surface area contributed by atoms with Gasteiger partial charge in [-0.05, 0) is 41.2 Å². The van der Waals surface area contributed by atoms with Crippen molar-refractivity contribution in [3.05, 3.63) is 21.3 Å². The van der Waals surface area contributed by atoms with E-state index in [2.05, 4.69) is 34.4 Å². The van der Waals surface area contributed by atoms with E-state index in [9.17, 15) is 4.39 Å². The van der Waals surface area contributed by atoms with E-state index >= 15 is 0 Å². The van der Waals surface area contributed by atoms with E-state index in [0.717, 1.165) is 15.6 Å². The molecule has 0 saturated heterocycles. The van der Waals surface area contributed by atoms with Gasteiger partial charge in [-0.15, -0.1) is 0 Å². The van der Waals surface area contributed by atoms with Crippen molar-refractivity contribution in [2.24, 2.45) is 0 Å². The molecule has 0 radical (unpaired) electrons. The highest BCUT2D eigenvalue weighted by Gasteiger charge is 2.08. The zero-order valence-corrected chi connectivity index (χ0v) is 9.06. The van der Waals surface area contributed by atoms with Crippen LogP contribution in [0.2, 0.25) is 0 Å². The molecule has 0 aromatic carbocycles. The predicted molar refractivity (Wildman–Crippen MR) is 57.8 cm³/mol. The highest BCUT2D eigenvalue weighted by Crippen LogP contribution is 2.23. The molecule has 0 bridgehead atoms. The number of hydrogen-bond acceptors (Lipinski definition) is 0. The Bertz CT molecular complexity index is 278. The lowest BCUT2D eigenvalue weighted by Gasteiger charge is -2.07. The fourth-order valence-corrected chi connectivity index (χ4v) is 1.83. The van der Waals surface area contributed by atoms with Crippen molar-refractivity contribution in [1.29, 1.82) is 0 Å². The second kappa shape index (κ2) is 4.66. The molecule has 1 rings (SSSR count). The van der Waals surface area contributed by atoms with E-state index in [1.54, 1.807) is 6.08 Å². The van der Waals surface area contributed by atoms with Crippen LogP contribution in [0.25, 0.3) is 0 Å². The molecule has 0 saturated carbocycles. The molecule has 0 aliphatic heterocycles. The maximum atomic E-state index is 13.0. The summed E-state index contributed by atoms with van der Waals surface area (Å²) in [6, 6.07) is 0. The van der Waals surface area contributed by atoms with Crippen molar-refractivity contribution in [3.63, 3.8) is 0 Å². The van der Waals surface area contributed by atoms with Crippen LogP contribution in [0.5, 0.6) is 0 Å². The molecule has 2 heteroatoms. The van der Waals surface area contributed by atoms with Gasteiger partial charge in [0.1, 0.15) is 0 Å². The summed E-state index contributed by atoms with van der Waals surface area (Å²) in [5, 5.41) is 0. The van der Waals surface area contributed by atoms with Gasteiger partial charge in [0.25, 0.3) is 0 Å². The standard InChI is InChI=1S/C10H10FI/c1-2-8-7-9(11)5-3-4-6-10(8)12/h4,6,9H,2,7H2,1H3/b6-4-,10-8+. The van der Waals surface area contributed by atoms with Crippen LogP contribution in [-0.2, 0) is 0 Å². The molecule has 64 valence electrons. The highest BCUT2D eigenvalue weighted by molar-refractivity contribution is 14.1. The number of allylic oxidation sites excluding steroid dienone is 4. The predicted octanol–water partition coefficient (Wildman–Crippen LogP) is 3.39. The molecule has 0 aromatic rings. The average Bonchev–Trinajstić information content (AvgIpc) is 2.05. The Morgan fingerprint density at radius 1 is 1.75 bits per heavy atom. The van der Waals surface area contributed by atoms with Gasteiger partial charge in [0.05, 0.1) is 0 Å². The molecular weight excluding hydrogens is 266 g/mol. The van der Waals surface area contributed by atoms with Gasteiger partial charge in [-0.2, -0.15) is 0 Å². The molecule has 1 aliphatic carbocycles. The molecule has 0 heterocycles. The molecule has 12 heavy (non-hydrogen) atoms. The quantitative estimate of drug-likeness (QED) is 0.508. The number of hydrogen-bond donors (Lipinski definition) is 0. The number of halogens is 2. The maximum Gasteiger partial charge on any atom is 0.164 e. The van der Waals surface area contributed by atoms with Gasteiger partial charge in [0, 0.05) is 10.0 Å². The third kappa shape index (κ3) is 2.63. The van der Waals surface area contributed by atoms with Crippen molar-refractivity contribution >= 4 is 22.6 Å². The molecule has 0 N–H and O–H groups in total. The first-order valence-corrected chi connectivity index (χ1v) is 5.01. The fraction of sp³-hybridized carbons (Fsp3) is 0.400. The van der Waals surface area contributed by atoms with Crippen molar-refractivity contribution < 1.29 is 4.39 Å². The Labute approximate surface area is 86.1 Å². The fourth-order valence-electron chi connectivity index (χ4n) is 1.05. The van der Waals surface area contributed by atoms with E-state index in [0.29, 0.717) is 6.42 Å². The molecule has 0 nitrogen and oxygen atoms in total. The third-order valence-corrected chi connectivity index (χ3v) is 2.87. The van der Waals surface area contributed by atoms with Gasteiger partial charge in [-0.25, -0.2) is 4.39 Å². The van der Waals surface area contributed by atoms with Crippen molar-refractivity contribution in [2.75, 3.05) is 0 Å². The summed E-state index contributed by atoms with van der Waals surface area (Å²) >= 11 is 2.23. The van der Waals surface area contributed by atoms with E-state index in [-0.39, 0.29) is 0 Å². The molecule has 0 fully saturated rings. The first-order chi connectivity index (χ1) is 5.74. The van der Waals surface area contributed by atoms with Crippen LogP contribution >= 0.6 is 22.6 Å². The third-order valence-electron chi connectivity index (χ3n) is 1.74. The van der Waals surface area contributed by atoms with Gasteiger partial charge < -0.3 is 0 Å². The molecule has 0 spiro atoms. The topological polar surface area (TPSA) is 0 Å². The van der Waals surface area contributed by atoms with Crippen molar-refractivity contribution in [2.45, 2.75) is 25.9 Å². The summed E-state index contributed by atoms with van der Waals surface area (Å²) in [5.41, 5.74) is 1.16. The van der Waals surface area contributed by atoms with Crippen LogP contribution in [0.3, 0.4) is 0 Å². The van der Waals surface area contributed by atoms with Gasteiger partial charge in [-0.3, -0.25) is 0 Å². The average molecular weight is 276 g/mol. The number of alkyl halides is 1. The van der Waals surface area contributed by atoms with Crippen molar-refractivity contribution in [3.8, 4) is 11.8 Å². The SMILES string of the molecule is CC/C1=C(I)/C=C\C#CC(F)C1. The van der Waals surface area contributed by atoms with Crippen LogP contribution in [-0.4, -0.2) is 6.17 Å². The molecule has 1 atom stereocenters. The lowest BCUT2D eigenvalue weighted by molar-refractivity contribution is 0.407. The summed E-state index contributed by atoms with van der Waals surface area (Å²) in [4.78, 5) is 0. The molecule has 0 aromatic heterocycles. The van der Waals surface area contributed by atoms with Crippen molar-refractivity contribution in [1.82, 2.24) is 0 Å². The molecule has 0 amide bonds. The number of rotatable bonds is 1. The highest BCUT2D eigenvalue weighted by atomic mass is 127. The molecule has 1 aliphatic rings. The van der Waals surface area contributed by atoms with Crippen LogP contribution in [0.4, 0.5) is 4.39 Å². The van der Waals surface area contributed by atoms with E-state index in [1.165, 1.54) is 0 Å².